The van der Waals surface area contributed by atoms with Gasteiger partial charge in [0.1, 0.15) is 5.01 Å². The van der Waals surface area contributed by atoms with Gasteiger partial charge >= 0.3 is 5.97 Å². The van der Waals surface area contributed by atoms with Crippen molar-refractivity contribution in [2.75, 3.05) is 0 Å². The predicted molar refractivity (Wildman–Crippen MR) is 49.9 cm³/mol. The first kappa shape index (κ1) is 9.72. The molecule has 0 aliphatic carbocycles. The van der Waals surface area contributed by atoms with Crippen molar-refractivity contribution >= 4 is 31.0 Å². The second kappa shape index (κ2) is 4.04. The molecule has 7 heteroatoms. The summed E-state index contributed by atoms with van der Waals surface area (Å²) in [6, 6.07) is 0. The van der Waals surface area contributed by atoms with E-state index in [-0.39, 0.29) is 18.0 Å². The van der Waals surface area contributed by atoms with E-state index in [1.807, 2.05) is 0 Å². The molecule has 1 aromatic heterocycles. The third kappa shape index (κ3) is 2.87. The number of carboxylic acids is 1. The Morgan fingerprint density at radius 3 is 2.85 bits per heavy atom. The van der Waals surface area contributed by atoms with Crippen molar-refractivity contribution in [1.82, 2.24) is 10.3 Å². The van der Waals surface area contributed by atoms with Crippen molar-refractivity contribution in [2.45, 2.75) is 6.54 Å². The van der Waals surface area contributed by atoms with Crippen LogP contribution >= 0.6 is 11.3 Å². The van der Waals surface area contributed by atoms with Crippen LogP contribution in [0.15, 0.2) is 5.38 Å². The highest BCUT2D eigenvalue weighted by Gasteiger charge is 2.07. The summed E-state index contributed by atoms with van der Waals surface area (Å²) >= 11 is 1.21. The average Bonchev–Trinajstić information content (AvgIpc) is 2.48. The van der Waals surface area contributed by atoms with Gasteiger partial charge in [0.05, 0.1) is 6.54 Å². The fourth-order valence-electron chi connectivity index (χ4n) is 0.690. The molecule has 0 atom stereocenters. The third-order valence-electron chi connectivity index (χ3n) is 1.26. The van der Waals surface area contributed by atoms with Crippen LogP contribution in [0, 0.1) is 0 Å². The van der Waals surface area contributed by atoms with E-state index in [0.29, 0.717) is 5.01 Å². The Balaban J connectivity index is 2.59. The number of carbonyl (C=O) groups is 2. The SMILES string of the molecule is BC(=O)NCc1nc(C(=O)O)cs1. The summed E-state index contributed by atoms with van der Waals surface area (Å²) in [6.07, 6.45) is 0. The summed E-state index contributed by atoms with van der Waals surface area (Å²) in [7, 11) is 1.39. The molecule has 68 valence electrons. The van der Waals surface area contributed by atoms with E-state index < -0.39 is 5.97 Å². The van der Waals surface area contributed by atoms with Crippen LogP contribution in [0.1, 0.15) is 15.5 Å². The van der Waals surface area contributed by atoms with Gasteiger partial charge in [0.15, 0.2) is 11.5 Å². The molecule has 0 bridgehead atoms. The lowest BCUT2D eigenvalue weighted by atomic mass is 10.1. The third-order valence-corrected chi connectivity index (χ3v) is 2.11. The van der Waals surface area contributed by atoms with Crippen LogP contribution in [0.25, 0.3) is 0 Å². The summed E-state index contributed by atoms with van der Waals surface area (Å²) in [5.41, 5.74) is 0.0188. The van der Waals surface area contributed by atoms with Gasteiger partial charge in [0, 0.05) is 5.38 Å². The van der Waals surface area contributed by atoms with Gasteiger partial charge in [-0.25, -0.2) is 9.78 Å². The van der Waals surface area contributed by atoms with E-state index in [1.165, 1.54) is 24.6 Å². The lowest BCUT2D eigenvalue weighted by Crippen LogP contribution is -2.20. The number of aromatic nitrogens is 1. The van der Waals surface area contributed by atoms with Crippen molar-refractivity contribution in [3.8, 4) is 0 Å². The van der Waals surface area contributed by atoms with Gasteiger partial charge in [-0.3, -0.25) is 4.79 Å². The molecule has 2 N–H and O–H groups in total. The van der Waals surface area contributed by atoms with E-state index in [0.717, 1.165) is 0 Å². The number of carboxylic acid groups (broad SMARTS) is 1. The Bertz CT molecular complexity index is 338. The quantitative estimate of drug-likeness (QED) is 0.652. The van der Waals surface area contributed by atoms with Crippen molar-refractivity contribution in [1.29, 1.82) is 0 Å². The van der Waals surface area contributed by atoms with Crippen LogP contribution < -0.4 is 5.32 Å². The molecule has 1 heterocycles. The molecule has 0 unspecified atom stereocenters. The molecule has 1 rings (SSSR count). The van der Waals surface area contributed by atoms with Gasteiger partial charge in [-0.1, -0.05) is 0 Å². The first-order valence-corrected chi connectivity index (χ1v) is 4.39. The minimum atomic E-state index is -1.05. The monoisotopic (exact) mass is 198 g/mol. The maximum Gasteiger partial charge on any atom is 0.355 e. The van der Waals surface area contributed by atoms with E-state index in [2.05, 4.69) is 10.3 Å². The number of amides is 1. The standard InChI is InChI=1S/C6H7BN2O3S/c7-6(12)8-1-4-9-3(2-13-4)5(10)11/h2H,1,7H2,(H,8,12)(H,10,11). The summed E-state index contributed by atoms with van der Waals surface area (Å²) in [4.78, 5) is 24.7. The summed E-state index contributed by atoms with van der Waals surface area (Å²) in [6.45, 7) is 0.285. The fourth-order valence-corrected chi connectivity index (χ4v) is 1.40. The summed E-state index contributed by atoms with van der Waals surface area (Å²) < 4.78 is 0. The molecule has 0 saturated heterocycles. The van der Waals surface area contributed by atoms with Crippen molar-refractivity contribution in [3.63, 3.8) is 0 Å². The highest BCUT2D eigenvalue weighted by atomic mass is 32.1. The number of hydrogen-bond donors (Lipinski definition) is 2. The lowest BCUT2D eigenvalue weighted by molar-refractivity contribution is 0.0691. The van der Waals surface area contributed by atoms with Gasteiger partial charge < -0.3 is 10.4 Å². The number of hydrogen-bond acceptors (Lipinski definition) is 4. The van der Waals surface area contributed by atoms with E-state index in [4.69, 9.17) is 5.11 Å². The molecular formula is C6H7BN2O3S. The van der Waals surface area contributed by atoms with Gasteiger partial charge in [0.25, 0.3) is 0 Å². The molecular weight excluding hydrogens is 191 g/mol. The fraction of sp³-hybridized carbons (Fsp3) is 0.167. The van der Waals surface area contributed by atoms with Crippen molar-refractivity contribution < 1.29 is 14.7 Å². The average molecular weight is 198 g/mol. The first-order chi connectivity index (χ1) is 6.09. The highest BCUT2D eigenvalue weighted by Crippen LogP contribution is 2.08. The minimum absolute atomic E-state index is 0.0188. The smallest absolute Gasteiger partial charge is 0.355 e. The molecule has 0 aliphatic heterocycles. The largest absolute Gasteiger partial charge is 0.476 e. The van der Waals surface area contributed by atoms with Crippen LogP contribution in [0.3, 0.4) is 0 Å². The Kier molecular flexibility index (Phi) is 3.02. The van der Waals surface area contributed by atoms with Crippen LogP contribution in [0.4, 0.5) is 4.79 Å². The topological polar surface area (TPSA) is 79.3 Å². The molecule has 0 saturated carbocycles. The van der Waals surface area contributed by atoms with Gasteiger partial charge in [-0.15, -0.1) is 11.3 Å². The number of aromatic carboxylic acids is 1. The van der Waals surface area contributed by atoms with Crippen LogP contribution in [-0.2, 0) is 6.54 Å². The van der Waals surface area contributed by atoms with E-state index in [1.54, 1.807) is 0 Å². The van der Waals surface area contributed by atoms with Gasteiger partial charge in [-0.05, 0) is 0 Å². The molecule has 1 amide bonds. The normalized spacial score (nSPS) is 9.54. The zero-order valence-electron chi connectivity index (χ0n) is 6.90. The lowest BCUT2D eigenvalue weighted by Gasteiger charge is -1.95. The first-order valence-electron chi connectivity index (χ1n) is 3.51. The molecule has 1 aromatic rings. The Hall–Kier alpha value is -1.37. The van der Waals surface area contributed by atoms with Crippen LogP contribution in [-0.4, -0.2) is 29.7 Å². The number of thiazole rings is 1. The molecule has 0 fully saturated rings. The molecule has 0 aromatic carbocycles. The molecule has 0 aliphatic rings. The number of rotatable bonds is 3. The number of carbonyl (C=O) groups excluding carboxylic acids is 1. The predicted octanol–water partition coefficient (Wildman–Crippen LogP) is -0.316. The Morgan fingerprint density at radius 2 is 2.38 bits per heavy atom. The Labute approximate surface area is 79.2 Å². The minimum Gasteiger partial charge on any atom is -0.476 e. The zero-order valence-corrected chi connectivity index (χ0v) is 7.72. The second-order valence-electron chi connectivity index (χ2n) is 2.34. The second-order valence-corrected chi connectivity index (χ2v) is 3.28. The van der Waals surface area contributed by atoms with Crippen LogP contribution in [0.2, 0.25) is 0 Å². The van der Waals surface area contributed by atoms with Crippen LogP contribution in [0.5, 0.6) is 0 Å². The number of nitrogens with zero attached hydrogens (tertiary/aromatic N) is 1. The molecule has 5 nitrogen and oxygen atoms in total. The molecule has 0 radical (unpaired) electrons. The van der Waals surface area contributed by atoms with Gasteiger partial charge in [0.2, 0.25) is 7.85 Å². The van der Waals surface area contributed by atoms with Crippen molar-refractivity contribution in [3.05, 3.63) is 16.1 Å². The number of nitrogens with one attached hydrogen (secondary N) is 1. The van der Waals surface area contributed by atoms with Crippen molar-refractivity contribution in [2.24, 2.45) is 0 Å². The van der Waals surface area contributed by atoms with E-state index in [9.17, 15) is 9.59 Å². The summed E-state index contributed by atoms with van der Waals surface area (Å²) in [5.74, 6) is -1.21. The molecule has 0 spiro atoms. The Morgan fingerprint density at radius 1 is 1.69 bits per heavy atom. The highest BCUT2D eigenvalue weighted by molar-refractivity contribution is 7.09. The molecule has 13 heavy (non-hydrogen) atoms. The summed E-state index contributed by atoms with van der Waals surface area (Å²) in [5, 5.41) is 13.1. The van der Waals surface area contributed by atoms with E-state index >= 15 is 0 Å². The zero-order chi connectivity index (χ0) is 9.84. The maximum atomic E-state index is 10.5. The maximum absolute atomic E-state index is 10.5. The van der Waals surface area contributed by atoms with Gasteiger partial charge in [-0.2, -0.15) is 0 Å².